The summed E-state index contributed by atoms with van der Waals surface area (Å²) in [5, 5.41) is 6.31. The second kappa shape index (κ2) is 5.83. The van der Waals surface area contributed by atoms with Crippen LogP contribution in [0.2, 0.25) is 0 Å². The minimum atomic E-state index is -0.643. The van der Waals surface area contributed by atoms with E-state index in [4.69, 9.17) is 0 Å². The van der Waals surface area contributed by atoms with Crippen LogP contribution in [0.15, 0.2) is 29.4 Å². The summed E-state index contributed by atoms with van der Waals surface area (Å²) in [7, 11) is 1.73. The van der Waals surface area contributed by atoms with Gasteiger partial charge < -0.3 is 10.6 Å². The average molecular weight is 282 g/mol. The van der Waals surface area contributed by atoms with E-state index < -0.39 is 11.6 Å². The smallest absolute Gasteiger partial charge is 0.191 e. The van der Waals surface area contributed by atoms with Crippen molar-refractivity contribution in [3.05, 3.63) is 35.9 Å². The van der Waals surface area contributed by atoms with E-state index in [9.17, 15) is 8.78 Å². The Labute approximate surface area is 113 Å². The zero-order valence-electron chi connectivity index (χ0n) is 10.4. The lowest BCUT2D eigenvalue weighted by molar-refractivity contribution is 0.584. The summed E-state index contributed by atoms with van der Waals surface area (Å²) in [6.45, 7) is 0. The van der Waals surface area contributed by atoms with Crippen LogP contribution in [0.1, 0.15) is 0 Å². The number of nitrogens with zero attached hydrogens (tertiary/aromatic N) is 2. The van der Waals surface area contributed by atoms with E-state index in [1.165, 1.54) is 23.9 Å². The molecular formula is C12H12F2N4S. The minimum absolute atomic E-state index is 0.297. The number of aromatic nitrogens is 2. The van der Waals surface area contributed by atoms with Gasteiger partial charge in [-0.15, -0.1) is 0 Å². The molecule has 0 unspecified atom stereocenters. The van der Waals surface area contributed by atoms with Crippen LogP contribution >= 0.6 is 11.8 Å². The van der Waals surface area contributed by atoms with Gasteiger partial charge in [0.25, 0.3) is 0 Å². The Kier molecular flexibility index (Phi) is 4.16. The lowest BCUT2D eigenvalue weighted by Crippen LogP contribution is -2.01. The number of hydrogen-bond donors (Lipinski definition) is 2. The number of benzene rings is 1. The molecule has 0 aliphatic carbocycles. The van der Waals surface area contributed by atoms with E-state index in [0.717, 1.165) is 6.07 Å². The zero-order chi connectivity index (χ0) is 13.8. The molecule has 0 aliphatic rings. The van der Waals surface area contributed by atoms with Crippen molar-refractivity contribution in [2.45, 2.75) is 5.16 Å². The number of hydrogen-bond acceptors (Lipinski definition) is 5. The molecule has 1 heterocycles. The maximum atomic E-state index is 13.1. The SMILES string of the molecule is CNc1cc(Nc2cc(F)cc(F)c2)nc(SC)n1. The van der Waals surface area contributed by atoms with Gasteiger partial charge in [0.1, 0.15) is 23.3 Å². The van der Waals surface area contributed by atoms with Crippen molar-refractivity contribution in [2.24, 2.45) is 0 Å². The van der Waals surface area contributed by atoms with Crippen molar-refractivity contribution in [3.63, 3.8) is 0 Å². The molecule has 0 aliphatic heterocycles. The monoisotopic (exact) mass is 282 g/mol. The van der Waals surface area contributed by atoms with E-state index in [1.54, 1.807) is 13.1 Å². The summed E-state index contributed by atoms with van der Waals surface area (Å²) in [6, 6.07) is 4.87. The molecule has 0 amide bonds. The molecule has 0 bridgehead atoms. The Morgan fingerprint density at radius 1 is 1.00 bits per heavy atom. The van der Waals surface area contributed by atoms with Crippen molar-refractivity contribution in [2.75, 3.05) is 23.9 Å². The summed E-state index contributed by atoms with van der Waals surface area (Å²) in [5.41, 5.74) is 0.297. The van der Waals surface area contributed by atoms with Crippen LogP contribution in [0.3, 0.4) is 0 Å². The van der Waals surface area contributed by atoms with Gasteiger partial charge in [0.2, 0.25) is 0 Å². The molecule has 7 heteroatoms. The second-order valence-corrected chi connectivity index (χ2v) is 4.43. The quantitative estimate of drug-likeness (QED) is 0.666. The Balaban J connectivity index is 2.31. The highest BCUT2D eigenvalue weighted by atomic mass is 32.2. The third-order valence-electron chi connectivity index (χ3n) is 2.28. The molecule has 2 aromatic rings. The average Bonchev–Trinajstić information content (AvgIpc) is 2.37. The first kappa shape index (κ1) is 13.5. The summed E-state index contributed by atoms with van der Waals surface area (Å²) in [5.74, 6) is -0.196. The normalized spacial score (nSPS) is 10.3. The van der Waals surface area contributed by atoms with E-state index in [0.29, 0.717) is 22.5 Å². The first-order chi connectivity index (χ1) is 9.10. The molecule has 0 fully saturated rings. The standard InChI is InChI=1S/C12H12F2N4S/c1-15-10-6-11(18-12(17-10)19-2)16-9-4-7(13)3-8(14)5-9/h3-6H,1-2H3,(H2,15,16,17,18). The molecule has 0 saturated heterocycles. The lowest BCUT2D eigenvalue weighted by atomic mass is 10.3. The van der Waals surface area contributed by atoms with Crippen LogP contribution in [0.5, 0.6) is 0 Å². The Morgan fingerprint density at radius 3 is 2.21 bits per heavy atom. The molecule has 0 spiro atoms. The number of anilines is 3. The molecule has 100 valence electrons. The van der Waals surface area contributed by atoms with Gasteiger partial charge in [0.15, 0.2) is 5.16 Å². The van der Waals surface area contributed by atoms with Gasteiger partial charge in [0, 0.05) is 24.9 Å². The predicted molar refractivity (Wildman–Crippen MR) is 73.0 cm³/mol. The summed E-state index contributed by atoms with van der Waals surface area (Å²) in [6.07, 6.45) is 1.85. The molecule has 2 rings (SSSR count). The fourth-order valence-electron chi connectivity index (χ4n) is 1.48. The van der Waals surface area contributed by atoms with Crippen LogP contribution in [-0.4, -0.2) is 23.3 Å². The van der Waals surface area contributed by atoms with Crippen molar-refractivity contribution in [1.29, 1.82) is 0 Å². The predicted octanol–water partition coefficient (Wildman–Crippen LogP) is 3.26. The Bertz CT molecular complexity index is 549. The van der Waals surface area contributed by atoms with Gasteiger partial charge in [-0.1, -0.05) is 11.8 Å². The van der Waals surface area contributed by atoms with Crippen molar-refractivity contribution >= 4 is 29.1 Å². The molecule has 19 heavy (non-hydrogen) atoms. The number of halogens is 2. The third kappa shape index (κ3) is 3.54. The van der Waals surface area contributed by atoms with E-state index in [1.807, 2.05) is 6.26 Å². The molecule has 4 nitrogen and oxygen atoms in total. The maximum Gasteiger partial charge on any atom is 0.191 e. The topological polar surface area (TPSA) is 49.8 Å². The van der Waals surface area contributed by atoms with E-state index in [2.05, 4.69) is 20.6 Å². The number of nitrogens with one attached hydrogen (secondary N) is 2. The largest absolute Gasteiger partial charge is 0.373 e. The highest BCUT2D eigenvalue weighted by Crippen LogP contribution is 2.21. The summed E-state index contributed by atoms with van der Waals surface area (Å²) in [4.78, 5) is 8.41. The highest BCUT2D eigenvalue weighted by Gasteiger charge is 2.05. The molecule has 0 radical (unpaired) electrons. The van der Waals surface area contributed by atoms with Crippen LogP contribution in [0, 0.1) is 11.6 Å². The lowest BCUT2D eigenvalue weighted by Gasteiger charge is -2.09. The molecule has 1 aromatic heterocycles. The zero-order valence-corrected chi connectivity index (χ0v) is 11.2. The molecule has 2 N–H and O–H groups in total. The van der Waals surface area contributed by atoms with Gasteiger partial charge >= 0.3 is 0 Å². The minimum Gasteiger partial charge on any atom is -0.373 e. The van der Waals surface area contributed by atoms with Crippen molar-refractivity contribution in [1.82, 2.24) is 9.97 Å². The van der Waals surface area contributed by atoms with Crippen LogP contribution < -0.4 is 10.6 Å². The third-order valence-corrected chi connectivity index (χ3v) is 2.83. The van der Waals surface area contributed by atoms with Crippen LogP contribution in [-0.2, 0) is 0 Å². The first-order valence-corrected chi connectivity index (χ1v) is 6.67. The molecule has 1 aromatic carbocycles. The molecular weight excluding hydrogens is 270 g/mol. The summed E-state index contributed by atoms with van der Waals surface area (Å²) >= 11 is 1.38. The van der Waals surface area contributed by atoms with Gasteiger partial charge in [-0.05, 0) is 18.4 Å². The Morgan fingerprint density at radius 2 is 1.63 bits per heavy atom. The van der Waals surface area contributed by atoms with Crippen LogP contribution in [0.4, 0.5) is 26.1 Å². The summed E-state index contributed by atoms with van der Waals surface area (Å²) < 4.78 is 26.2. The number of thioether (sulfide) groups is 1. The van der Waals surface area contributed by atoms with Gasteiger partial charge in [-0.25, -0.2) is 18.7 Å². The van der Waals surface area contributed by atoms with E-state index in [-0.39, 0.29) is 0 Å². The second-order valence-electron chi connectivity index (χ2n) is 3.66. The van der Waals surface area contributed by atoms with Crippen LogP contribution in [0.25, 0.3) is 0 Å². The molecule has 0 saturated carbocycles. The highest BCUT2D eigenvalue weighted by molar-refractivity contribution is 7.98. The van der Waals surface area contributed by atoms with Gasteiger partial charge in [-0.3, -0.25) is 0 Å². The van der Waals surface area contributed by atoms with Gasteiger partial charge in [-0.2, -0.15) is 0 Å². The number of rotatable bonds is 4. The van der Waals surface area contributed by atoms with Crippen molar-refractivity contribution < 1.29 is 8.78 Å². The fraction of sp³-hybridized carbons (Fsp3) is 0.167. The van der Waals surface area contributed by atoms with Crippen molar-refractivity contribution in [3.8, 4) is 0 Å². The maximum absolute atomic E-state index is 13.1. The van der Waals surface area contributed by atoms with E-state index >= 15 is 0 Å². The molecule has 0 atom stereocenters. The fourth-order valence-corrected chi connectivity index (χ4v) is 1.86. The Hall–Kier alpha value is -1.89. The first-order valence-electron chi connectivity index (χ1n) is 5.44. The van der Waals surface area contributed by atoms with Gasteiger partial charge in [0.05, 0.1) is 0 Å².